The van der Waals surface area contributed by atoms with E-state index in [4.69, 9.17) is 5.10 Å². The molecule has 1 aromatic heterocycles. The fourth-order valence-electron chi connectivity index (χ4n) is 3.92. The van der Waals surface area contributed by atoms with E-state index >= 15 is 0 Å². The first kappa shape index (κ1) is 14.1. The van der Waals surface area contributed by atoms with Crippen LogP contribution in [0.15, 0.2) is 6.20 Å². The second-order valence-electron chi connectivity index (χ2n) is 6.54. The van der Waals surface area contributed by atoms with Crippen LogP contribution in [0.3, 0.4) is 0 Å². The maximum atomic E-state index is 4.80. The van der Waals surface area contributed by atoms with Crippen LogP contribution >= 0.6 is 0 Å². The average Bonchev–Trinajstić information content (AvgIpc) is 2.81. The molecule has 0 bridgehead atoms. The van der Waals surface area contributed by atoms with Gasteiger partial charge in [-0.05, 0) is 45.1 Å². The van der Waals surface area contributed by atoms with Crippen molar-refractivity contribution in [3.05, 3.63) is 17.5 Å². The Balaban J connectivity index is 1.82. The third-order valence-electron chi connectivity index (χ3n) is 5.02. The molecule has 0 spiro atoms. The molecule has 0 amide bonds. The summed E-state index contributed by atoms with van der Waals surface area (Å²) in [5.41, 5.74) is 3.05. The molecule has 2 aliphatic carbocycles. The van der Waals surface area contributed by atoms with Gasteiger partial charge >= 0.3 is 0 Å². The largest absolute Gasteiger partial charge is 0.310 e. The van der Waals surface area contributed by atoms with Gasteiger partial charge in [-0.15, -0.1) is 0 Å². The van der Waals surface area contributed by atoms with Gasteiger partial charge in [0, 0.05) is 17.3 Å². The Morgan fingerprint density at radius 2 is 1.95 bits per heavy atom. The molecule has 112 valence electrons. The fraction of sp³-hybridized carbons (Fsp3) is 0.824. The molecular weight excluding hydrogens is 246 g/mol. The molecule has 1 N–H and O–H groups in total. The van der Waals surface area contributed by atoms with E-state index in [-0.39, 0.29) is 0 Å². The number of hydrogen-bond donors (Lipinski definition) is 1. The van der Waals surface area contributed by atoms with Gasteiger partial charge in [0.05, 0.1) is 12.2 Å². The zero-order chi connectivity index (χ0) is 13.8. The van der Waals surface area contributed by atoms with Crippen LogP contribution in [0.2, 0.25) is 0 Å². The second-order valence-corrected chi connectivity index (χ2v) is 6.54. The average molecular weight is 275 g/mol. The minimum atomic E-state index is 0.546. The lowest BCUT2D eigenvalue weighted by atomic mass is 9.95. The molecule has 1 saturated carbocycles. The van der Waals surface area contributed by atoms with Gasteiger partial charge in [-0.25, -0.2) is 0 Å². The van der Waals surface area contributed by atoms with Crippen molar-refractivity contribution in [2.75, 3.05) is 6.54 Å². The van der Waals surface area contributed by atoms with Gasteiger partial charge in [0.25, 0.3) is 0 Å². The summed E-state index contributed by atoms with van der Waals surface area (Å²) in [4.78, 5) is 0. The molecule has 3 heteroatoms. The van der Waals surface area contributed by atoms with E-state index in [9.17, 15) is 0 Å². The quantitative estimate of drug-likeness (QED) is 0.836. The summed E-state index contributed by atoms with van der Waals surface area (Å²) in [5, 5.41) is 8.53. The van der Waals surface area contributed by atoms with E-state index < -0.39 is 0 Å². The predicted octanol–water partition coefficient (Wildman–Crippen LogP) is 4.16. The molecule has 3 nitrogen and oxygen atoms in total. The molecule has 1 fully saturated rings. The van der Waals surface area contributed by atoms with Crippen molar-refractivity contribution in [1.82, 2.24) is 15.1 Å². The number of fused-ring (bicyclic) bond motifs is 1. The van der Waals surface area contributed by atoms with E-state index in [0.717, 1.165) is 6.54 Å². The van der Waals surface area contributed by atoms with Crippen LogP contribution in [0.25, 0.3) is 0 Å². The van der Waals surface area contributed by atoms with Crippen LogP contribution in [0.5, 0.6) is 0 Å². The molecule has 0 saturated heterocycles. The third-order valence-corrected chi connectivity index (χ3v) is 5.02. The molecule has 2 aliphatic rings. The van der Waals surface area contributed by atoms with Gasteiger partial charge in [-0.3, -0.25) is 4.68 Å². The number of hydrogen-bond acceptors (Lipinski definition) is 2. The Morgan fingerprint density at radius 1 is 1.15 bits per heavy atom. The van der Waals surface area contributed by atoms with Crippen molar-refractivity contribution in [2.24, 2.45) is 0 Å². The second kappa shape index (κ2) is 6.75. The summed E-state index contributed by atoms with van der Waals surface area (Å²) in [7, 11) is 0. The molecular formula is C17H29N3. The summed E-state index contributed by atoms with van der Waals surface area (Å²) in [5.74, 6) is 0. The van der Waals surface area contributed by atoms with Crippen LogP contribution in [-0.4, -0.2) is 16.3 Å². The zero-order valence-electron chi connectivity index (χ0n) is 12.9. The lowest BCUT2D eigenvalue weighted by Crippen LogP contribution is -2.22. The summed E-state index contributed by atoms with van der Waals surface area (Å²) in [6, 6.07) is 1.22. The number of nitrogens with zero attached hydrogens (tertiary/aromatic N) is 2. The summed E-state index contributed by atoms with van der Waals surface area (Å²) < 4.78 is 2.40. The van der Waals surface area contributed by atoms with Crippen LogP contribution < -0.4 is 5.32 Å². The first-order valence-electron chi connectivity index (χ1n) is 8.69. The summed E-state index contributed by atoms with van der Waals surface area (Å²) in [6.07, 6.45) is 15.4. The predicted molar refractivity (Wildman–Crippen MR) is 82.9 cm³/mol. The lowest BCUT2D eigenvalue weighted by molar-refractivity contribution is 0.321. The van der Waals surface area contributed by atoms with Gasteiger partial charge in [0.15, 0.2) is 0 Å². The van der Waals surface area contributed by atoms with Crippen molar-refractivity contribution in [3.8, 4) is 0 Å². The normalized spacial score (nSPS) is 24.4. The Labute approximate surface area is 123 Å². The monoisotopic (exact) mass is 275 g/mol. The smallest absolute Gasteiger partial charge is 0.0540 e. The Bertz CT molecular complexity index is 418. The molecule has 0 radical (unpaired) electrons. The van der Waals surface area contributed by atoms with Crippen LogP contribution in [-0.2, 0) is 6.42 Å². The minimum Gasteiger partial charge on any atom is -0.310 e. The number of nitrogens with one attached hydrogen (secondary N) is 1. The highest BCUT2D eigenvalue weighted by atomic mass is 15.3. The van der Waals surface area contributed by atoms with E-state index in [1.807, 2.05) is 0 Å². The topological polar surface area (TPSA) is 29.9 Å². The first-order valence-corrected chi connectivity index (χ1v) is 8.69. The maximum Gasteiger partial charge on any atom is 0.0540 e. The van der Waals surface area contributed by atoms with Crippen LogP contribution in [0.4, 0.5) is 0 Å². The van der Waals surface area contributed by atoms with Gasteiger partial charge < -0.3 is 5.32 Å². The summed E-state index contributed by atoms with van der Waals surface area (Å²) in [6.45, 7) is 3.37. The molecule has 0 aromatic carbocycles. The molecule has 20 heavy (non-hydrogen) atoms. The standard InChI is InChI=1S/C17H29N3/c1-2-12-18-16-10-6-7-11-17-15(16)13-19-20(17)14-8-4-3-5-9-14/h13-14,16,18H,2-12H2,1H3. The highest BCUT2D eigenvalue weighted by molar-refractivity contribution is 5.24. The van der Waals surface area contributed by atoms with Crippen LogP contribution in [0.1, 0.15) is 88.1 Å². The van der Waals surface area contributed by atoms with Crippen molar-refractivity contribution < 1.29 is 0 Å². The first-order chi connectivity index (χ1) is 9.90. The van der Waals surface area contributed by atoms with Gasteiger partial charge in [-0.1, -0.05) is 32.6 Å². The minimum absolute atomic E-state index is 0.546. The van der Waals surface area contributed by atoms with Crippen molar-refractivity contribution in [2.45, 2.75) is 83.2 Å². The van der Waals surface area contributed by atoms with Crippen LogP contribution in [0, 0.1) is 0 Å². The molecule has 1 aromatic rings. The number of aromatic nitrogens is 2. The third kappa shape index (κ3) is 2.93. The molecule has 1 heterocycles. The van der Waals surface area contributed by atoms with E-state index in [1.54, 1.807) is 5.69 Å². The molecule has 1 atom stereocenters. The SMILES string of the molecule is CCCNC1CCCCc2c1cnn2C1CCCCC1. The van der Waals surface area contributed by atoms with Crippen molar-refractivity contribution in [1.29, 1.82) is 0 Å². The number of rotatable bonds is 4. The van der Waals surface area contributed by atoms with Crippen molar-refractivity contribution in [3.63, 3.8) is 0 Å². The highest BCUT2D eigenvalue weighted by Crippen LogP contribution is 2.34. The van der Waals surface area contributed by atoms with Gasteiger partial charge in [0.2, 0.25) is 0 Å². The van der Waals surface area contributed by atoms with E-state index in [2.05, 4.69) is 23.1 Å². The summed E-state index contributed by atoms with van der Waals surface area (Å²) >= 11 is 0. The van der Waals surface area contributed by atoms with E-state index in [1.165, 1.54) is 69.8 Å². The maximum absolute atomic E-state index is 4.80. The van der Waals surface area contributed by atoms with E-state index in [0.29, 0.717) is 12.1 Å². The van der Waals surface area contributed by atoms with Gasteiger partial charge in [-0.2, -0.15) is 5.10 Å². The molecule has 3 rings (SSSR count). The molecule has 0 aliphatic heterocycles. The fourth-order valence-corrected chi connectivity index (χ4v) is 3.92. The van der Waals surface area contributed by atoms with Gasteiger partial charge in [0.1, 0.15) is 0 Å². The lowest BCUT2D eigenvalue weighted by Gasteiger charge is -2.24. The Hall–Kier alpha value is -0.830. The molecule has 1 unspecified atom stereocenters. The van der Waals surface area contributed by atoms with Crippen molar-refractivity contribution >= 4 is 0 Å². The Morgan fingerprint density at radius 3 is 2.75 bits per heavy atom. The highest BCUT2D eigenvalue weighted by Gasteiger charge is 2.25. The zero-order valence-corrected chi connectivity index (χ0v) is 12.9. The Kier molecular flexibility index (Phi) is 4.77.